The van der Waals surface area contributed by atoms with Crippen LogP contribution in [0.4, 0.5) is 0 Å². The standard InChI is InChI=1S/C11H20N2O5/c1-2-13-3-4-18-9(6-13)5-12-10(14)7-17-8-11(15)16/h9H,2-8H2,1H3,(H,12,14)(H,15,16). The highest BCUT2D eigenvalue weighted by Gasteiger charge is 2.19. The van der Waals surface area contributed by atoms with Gasteiger partial charge in [0.25, 0.3) is 0 Å². The Kier molecular flexibility index (Phi) is 6.63. The number of hydrogen-bond acceptors (Lipinski definition) is 5. The number of aliphatic carboxylic acids is 1. The molecule has 1 amide bonds. The lowest BCUT2D eigenvalue weighted by Gasteiger charge is -2.32. The number of nitrogens with one attached hydrogen (secondary N) is 1. The second kappa shape index (κ2) is 8.02. The van der Waals surface area contributed by atoms with Crippen LogP contribution in [0, 0.1) is 0 Å². The van der Waals surface area contributed by atoms with Crippen LogP contribution < -0.4 is 5.32 Å². The lowest BCUT2D eigenvalue weighted by atomic mass is 10.2. The first-order chi connectivity index (χ1) is 8.61. The van der Waals surface area contributed by atoms with Crippen LogP contribution in [-0.4, -0.2) is 74.0 Å². The summed E-state index contributed by atoms with van der Waals surface area (Å²) in [6, 6.07) is 0. The highest BCUT2D eigenvalue weighted by Crippen LogP contribution is 2.03. The molecule has 1 unspecified atom stereocenters. The van der Waals surface area contributed by atoms with Gasteiger partial charge in [0.1, 0.15) is 13.2 Å². The number of carboxylic acids is 1. The summed E-state index contributed by atoms with van der Waals surface area (Å²) in [5.41, 5.74) is 0. The molecule has 0 spiro atoms. The predicted octanol–water partition coefficient (Wildman–Crippen LogP) is -1.08. The Morgan fingerprint density at radius 3 is 2.94 bits per heavy atom. The Bertz CT molecular complexity index is 285. The zero-order valence-corrected chi connectivity index (χ0v) is 10.6. The van der Waals surface area contributed by atoms with E-state index < -0.39 is 12.6 Å². The van der Waals surface area contributed by atoms with Crippen LogP contribution in [0.1, 0.15) is 6.92 Å². The van der Waals surface area contributed by atoms with Gasteiger partial charge in [-0.05, 0) is 6.54 Å². The molecule has 2 N–H and O–H groups in total. The van der Waals surface area contributed by atoms with E-state index in [4.69, 9.17) is 9.84 Å². The van der Waals surface area contributed by atoms with Gasteiger partial charge in [-0.25, -0.2) is 4.79 Å². The van der Waals surface area contributed by atoms with Crippen LogP contribution in [0.5, 0.6) is 0 Å². The third-order valence-electron chi connectivity index (χ3n) is 2.66. The Hall–Kier alpha value is -1.18. The molecule has 1 atom stereocenters. The van der Waals surface area contributed by atoms with Crippen molar-refractivity contribution in [2.24, 2.45) is 0 Å². The summed E-state index contributed by atoms with van der Waals surface area (Å²) in [6.07, 6.45) is -0.0119. The number of amides is 1. The monoisotopic (exact) mass is 260 g/mol. The lowest BCUT2D eigenvalue weighted by Crippen LogP contribution is -2.47. The molecule has 1 aliphatic heterocycles. The first kappa shape index (κ1) is 14.9. The van der Waals surface area contributed by atoms with E-state index in [0.29, 0.717) is 13.2 Å². The number of likely N-dealkylation sites (N-methyl/N-ethyl adjacent to an activating group) is 1. The van der Waals surface area contributed by atoms with E-state index >= 15 is 0 Å². The van der Waals surface area contributed by atoms with Crippen LogP contribution >= 0.6 is 0 Å². The van der Waals surface area contributed by atoms with Gasteiger partial charge in [0.15, 0.2) is 0 Å². The fourth-order valence-electron chi connectivity index (χ4n) is 1.70. The minimum atomic E-state index is -1.09. The summed E-state index contributed by atoms with van der Waals surface area (Å²) in [4.78, 5) is 23.7. The van der Waals surface area contributed by atoms with Gasteiger partial charge in [-0.3, -0.25) is 9.69 Å². The molecule has 1 rings (SSSR count). The number of carboxylic acid groups (broad SMARTS) is 1. The average molecular weight is 260 g/mol. The highest BCUT2D eigenvalue weighted by atomic mass is 16.5. The minimum absolute atomic E-state index is 0.0119. The molecule has 1 aliphatic rings. The maximum atomic E-state index is 11.3. The van der Waals surface area contributed by atoms with Gasteiger partial charge < -0.3 is 19.9 Å². The summed E-state index contributed by atoms with van der Waals surface area (Å²) >= 11 is 0. The van der Waals surface area contributed by atoms with E-state index in [1.807, 2.05) is 0 Å². The molecule has 104 valence electrons. The molecule has 0 aromatic heterocycles. The second-order valence-electron chi connectivity index (χ2n) is 4.08. The molecular formula is C11H20N2O5. The number of carbonyl (C=O) groups excluding carboxylic acids is 1. The first-order valence-corrected chi connectivity index (χ1v) is 6.02. The van der Waals surface area contributed by atoms with Crippen molar-refractivity contribution in [2.75, 3.05) is 46.0 Å². The molecule has 7 nitrogen and oxygen atoms in total. The van der Waals surface area contributed by atoms with Gasteiger partial charge in [-0.2, -0.15) is 0 Å². The summed E-state index contributed by atoms with van der Waals surface area (Å²) in [7, 11) is 0. The van der Waals surface area contributed by atoms with E-state index in [2.05, 4.69) is 21.9 Å². The predicted molar refractivity (Wildman–Crippen MR) is 63.3 cm³/mol. The Balaban J connectivity index is 2.12. The highest BCUT2D eigenvalue weighted by molar-refractivity contribution is 5.77. The van der Waals surface area contributed by atoms with Crippen LogP contribution in [0.25, 0.3) is 0 Å². The van der Waals surface area contributed by atoms with Crippen molar-refractivity contribution in [3.8, 4) is 0 Å². The minimum Gasteiger partial charge on any atom is -0.480 e. The van der Waals surface area contributed by atoms with E-state index in [1.165, 1.54) is 0 Å². The molecule has 0 bridgehead atoms. The summed E-state index contributed by atoms with van der Waals surface area (Å²) in [6.45, 7) is 5.16. The molecule has 0 aromatic rings. The fraction of sp³-hybridized carbons (Fsp3) is 0.818. The van der Waals surface area contributed by atoms with E-state index in [-0.39, 0.29) is 18.6 Å². The molecular weight excluding hydrogens is 240 g/mol. The quantitative estimate of drug-likeness (QED) is 0.605. The molecule has 7 heteroatoms. The van der Waals surface area contributed by atoms with Crippen molar-refractivity contribution in [1.29, 1.82) is 0 Å². The molecule has 0 aromatic carbocycles. The molecule has 0 radical (unpaired) electrons. The third kappa shape index (κ3) is 5.95. The largest absolute Gasteiger partial charge is 0.480 e. The van der Waals surface area contributed by atoms with Gasteiger partial charge in [0.2, 0.25) is 5.91 Å². The maximum absolute atomic E-state index is 11.3. The summed E-state index contributed by atoms with van der Waals surface area (Å²) in [5.74, 6) is -1.41. The number of morpholine rings is 1. The number of rotatable bonds is 7. The summed E-state index contributed by atoms with van der Waals surface area (Å²) < 4.78 is 10.2. The van der Waals surface area contributed by atoms with Crippen molar-refractivity contribution in [3.05, 3.63) is 0 Å². The number of carbonyl (C=O) groups is 2. The van der Waals surface area contributed by atoms with Gasteiger partial charge >= 0.3 is 5.97 Å². The second-order valence-corrected chi connectivity index (χ2v) is 4.08. The molecule has 0 aliphatic carbocycles. The Morgan fingerprint density at radius 1 is 1.50 bits per heavy atom. The Morgan fingerprint density at radius 2 is 2.28 bits per heavy atom. The van der Waals surface area contributed by atoms with Crippen LogP contribution in [0.15, 0.2) is 0 Å². The van der Waals surface area contributed by atoms with Crippen molar-refractivity contribution >= 4 is 11.9 Å². The van der Waals surface area contributed by atoms with Crippen LogP contribution in [0.3, 0.4) is 0 Å². The Labute approximate surface area is 106 Å². The lowest BCUT2D eigenvalue weighted by molar-refractivity contribution is -0.143. The van der Waals surface area contributed by atoms with Crippen molar-refractivity contribution < 1.29 is 24.2 Å². The SMILES string of the molecule is CCN1CCOC(CNC(=O)COCC(=O)O)C1. The normalized spacial score (nSPS) is 20.6. The molecule has 18 heavy (non-hydrogen) atoms. The van der Waals surface area contributed by atoms with Crippen molar-refractivity contribution in [1.82, 2.24) is 10.2 Å². The van der Waals surface area contributed by atoms with Crippen molar-refractivity contribution in [2.45, 2.75) is 13.0 Å². The maximum Gasteiger partial charge on any atom is 0.329 e. The average Bonchev–Trinajstić information content (AvgIpc) is 2.36. The third-order valence-corrected chi connectivity index (χ3v) is 2.66. The topological polar surface area (TPSA) is 88.1 Å². The van der Waals surface area contributed by atoms with Crippen molar-refractivity contribution in [3.63, 3.8) is 0 Å². The number of ether oxygens (including phenoxy) is 2. The number of nitrogens with zero attached hydrogens (tertiary/aromatic N) is 1. The van der Waals surface area contributed by atoms with Gasteiger partial charge in [-0.1, -0.05) is 6.92 Å². The fourth-order valence-corrected chi connectivity index (χ4v) is 1.70. The smallest absolute Gasteiger partial charge is 0.329 e. The molecule has 1 fully saturated rings. The first-order valence-electron chi connectivity index (χ1n) is 6.02. The number of hydrogen-bond donors (Lipinski definition) is 2. The van der Waals surface area contributed by atoms with E-state index in [0.717, 1.165) is 19.6 Å². The molecule has 1 saturated heterocycles. The van der Waals surface area contributed by atoms with E-state index in [9.17, 15) is 9.59 Å². The van der Waals surface area contributed by atoms with Gasteiger partial charge in [0.05, 0.1) is 12.7 Å². The van der Waals surface area contributed by atoms with Crippen LogP contribution in [-0.2, 0) is 19.1 Å². The zero-order valence-electron chi connectivity index (χ0n) is 10.6. The molecule has 1 heterocycles. The molecule has 0 saturated carbocycles. The summed E-state index contributed by atoms with van der Waals surface area (Å²) in [5, 5.41) is 11.0. The van der Waals surface area contributed by atoms with Gasteiger partial charge in [0, 0.05) is 19.6 Å². The van der Waals surface area contributed by atoms with Gasteiger partial charge in [-0.15, -0.1) is 0 Å². The van der Waals surface area contributed by atoms with Crippen LogP contribution in [0.2, 0.25) is 0 Å². The van der Waals surface area contributed by atoms with E-state index in [1.54, 1.807) is 0 Å². The zero-order chi connectivity index (χ0) is 13.4.